The molecule has 1 saturated heterocycles. The molecule has 136 valence electrons. The van der Waals surface area contributed by atoms with Crippen LogP contribution in [-0.4, -0.2) is 58.4 Å². The summed E-state index contributed by atoms with van der Waals surface area (Å²) in [5.41, 5.74) is 2.26. The van der Waals surface area contributed by atoms with Crippen molar-refractivity contribution in [3.8, 4) is 0 Å². The largest absolute Gasteiger partial charge is 0.481 e. The highest BCUT2D eigenvalue weighted by Gasteiger charge is 2.28. The fourth-order valence-electron chi connectivity index (χ4n) is 2.73. The van der Waals surface area contributed by atoms with E-state index in [0.29, 0.717) is 25.1 Å². The van der Waals surface area contributed by atoms with Crippen LogP contribution >= 0.6 is 11.8 Å². The van der Waals surface area contributed by atoms with Crippen LogP contribution in [-0.2, 0) is 20.8 Å². The normalized spacial score (nSPS) is 17.2. The first kappa shape index (κ1) is 19.3. The molecule has 0 spiro atoms. The van der Waals surface area contributed by atoms with Gasteiger partial charge in [-0.1, -0.05) is 29.8 Å². The van der Waals surface area contributed by atoms with E-state index < -0.39 is 5.97 Å². The monoisotopic (exact) mass is 364 g/mol. The second-order valence-corrected chi connectivity index (χ2v) is 7.33. The van der Waals surface area contributed by atoms with Crippen LogP contribution in [0.25, 0.3) is 0 Å². The highest BCUT2D eigenvalue weighted by atomic mass is 32.2. The van der Waals surface area contributed by atoms with E-state index in [-0.39, 0.29) is 30.8 Å². The van der Waals surface area contributed by atoms with Crippen LogP contribution in [0.4, 0.5) is 0 Å². The molecule has 6 nitrogen and oxygen atoms in total. The third-order valence-corrected chi connectivity index (χ3v) is 5.25. The van der Waals surface area contributed by atoms with Crippen LogP contribution in [0.5, 0.6) is 0 Å². The van der Waals surface area contributed by atoms with Gasteiger partial charge in [-0.05, 0) is 18.9 Å². The van der Waals surface area contributed by atoms with Gasteiger partial charge in [0.15, 0.2) is 0 Å². The fraction of sp³-hybridized carbons (Fsp3) is 0.500. The number of carbonyl (C=O) groups is 3. The number of nitrogens with zero attached hydrogens (tertiary/aromatic N) is 1. The maximum atomic E-state index is 12.3. The van der Waals surface area contributed by atoms with Crippen LogP contribution in [0.1, 0.15) is 24.0 Å². The molecule has 1 aromatic carbocycles. The van der Waals surface area contributed by atoms with E-state index in [1.807, 2.05) is 31.2 Å². The molecule has 1 aromatic rings. The summed E-state index contributed by atoms with van der Waals surface area (Å²) < 4.78 is 0. The average molecular weight is 364 g/mol. The molecule has 0 aromatic heterocycles. The second-order valence-electron chi connectivity index (χ2n) is 6.18. The lowest BCUT2D eigenvalue weighted by molar-refractivity contribution is -0.140. The summed E-state index contributed by atoms with van der Waals surface area (Å²) in [7, 11) is 0. The molecule has 1 aliphatic heterocycles. The van der Waals surface area contributed by atoms with Crippen molar-refractivity contribution in [1.82, 2.24) is 10.2 Å². The number of hydrogen-bond acceptors (Lipinski definition) is 4. The number of carbonyl (C=O) groups excluding carboxylic acids is 2. The highest BCUT2D eigenvalue weighted by Crippen LogP contribution is 2.19. The molecule has 1 aliphatic rings. The number of carboxylic acid groups (broad SMARTS) is 1. The van der Waals surface area contributed by atoms with Crippen molar-refractivity contribution in [3.05, 3.63) is 35.4 Å². The van der Waals surface area contributed by atoms with Crippen molar-refractivity contribution in [1.29, 1.82) is 0 Å². The van der Waals surface area contributed by atoms with Crippen LogP contribution in [0, 0.1) is 6.92 Å². The minimum atomic E-state index is -0.910. The van der Waals surface area contributed by atoms with Crippen molar-refractivity contribution in [3.63, 3.8) is 0 Å². The number of carboxylic acids is 1. The van der Waals surface area contributed by atoms with Gasteiger partial charge in [0, 0.05) is 24.5 Å². The Morgan fingerprint density at radius 3 is 2.68 bits per heavy atom. The van der Waals surface area contributed by atoms with E-state index in [2.05, 4.69) is 5.32 Å². The van der Waals surface area contributed by atoms with Gasteiger partial charge < -0.3 is 15.3 Å². The second kappa shape index (κ2) is 9.46. The molecule has 2 rings (SSSR count). The summed E-state index contributed by atoms with van der Waals surface area (Å²) in [5.74, 6) is 0.126. The number of hydrogen-bond donors (Lipinski definition) is 2. The molecule has 25 heavy (non-hydrogen) atoms. The summed E-state index contributed by atoms with van der Waals surface area (Å²) in [6, 6.07) is 7.71. The molecule has 0 aliphatic carbocycles. The van der Waals surface area contributed by atoms with Gasteiger partial charge in [0.05, 0.1) is 19.0 Å². The number of nitrogens with one attached hydrogen (secondary N) is 1. The topological polar surface area (TPSA) is 86.7 Å². The van der Waals surface area contributed by atoms with Crippen LogP contribution < -0.4 is 5.32 Å². The number of aryl methyl sites for hydroxylation is 2. The van der Waals surface area contributed by atoms with E-state index in [4.69, 9.17) is 5.11 Å². The first-order valence-electron chi connectivity index (χ1n) is 8.37. The van der Waals surface area contributed by atoms with Crippen LogP contribution in [0.3, 0.4) is 0 Å². The van der Waals surface area contributed by atoms with Gasteiger partial charge in [-0.25, -0.2) is 0 Å². The van der Waals surface area contributed by atoms with Crippen molar-refractivity contribution in [2.24, 2.45) is 0 Å². The van der Waals surface area contributed by atoms with Gasteiger partial charge in [0.25, 0.3) is 0 Å². The average Bonchev–Trinajstić information content (AvgIpc) is 2.59. The summed E-state index contributed by atoms with van der Waals surface area (Å²) in [6.45, 7) is 2.47. The van der Waals surface area contributed by atoms with E-state index in [1.165, 1.54) is 5.56 Å². The molecule has 2 amide bonds. The van der Waals surface area contributed by atoms with E-state index in [0.717, 1.165) is 11.3 Å². The molecule has 2 N–H and O–H groups in total. The standard InChI is InChI=1S/C18H24N2O4S/c1-13-2-4-14(5-3-13)6-7-16(21)19-11-17(22)20-8-9-25-12-15(20)10-18(23)24/h2-5,15H,6-12H2,1H3,(H,19,21)(H,23,24). The van der Waals surface area contributed by atoms with Crippen molar-refractivity contribution >= 4 is 29.5 Å². The minimum Gasteiger partial charge on any atom is -0.481 e. The summed E-state index contributed by atoms with van der Waals surface area (Å²) in [5, 5.41) is 11.6. The number of thioether (sulfide) groups is 1. The van der Waals surface area contributed by atoms with E-state index in [1.54, 1.807) is 16.7 Å². The zero-order chi connectivity index (χ0) is 18.2. The number of aliphatic carboxylic acids is 1. The van der Waals surface area contributed by atoms with Gasteiger partial charge in [-0.2, -0.15) is 11.8 Å². The fourth-order valence-corrected chi connectivity index (χ4v) is 3.79. The van der Waals surface area contributed by atoms with E-state index >= 15 is 0 Å². The van der Waals surface area contributed by atoms with Crippen LogP contribution in [0.2, 0.25) is 0 Å². The Morgan fingerprint density at radius 2 is 2.00 bits per heavy atom. The van der Waals surface area contributed by atoms with Crippen molar-refractivity contribution in [2.75, 3.05) is 24.6 Å². The molecule has 1 fully saturated rings. The Labute approximate surface area is 152 Å². The Balaban J connectivity index is 1.76. The third kappa shape index (κ3) is 6.42. The first-order chi connectivity index (χ1) is 12.0. The lowest BCUT2D eigenvalue weighted by Crippen LogP contribution is -2.50. The molecule has 1 atom stereocenters. The molecule has 1 unspecified atom stereocenters. The highest BCUT2D eigenvalue weighted by molar-refractivity contribution is 7.99. The molecule has 0 bridgehead atoms. The Hall–Kier alpha value is -2.02. The third-order valence-electron chi connectivity index (χ3n) is 4.16. The maximum absolute atomic E-state index is 12.3. The molecule has 0 saturated carbocycles. The Kier molecular flexibility index (Phi) is 7.31. The Morgan fingerprint density at radius 1 is 1.28 bits per heavy atom. The zero-order valence-corrected chi connectivity index (χ0v) is 15.2. The molecular weight excluding hydrogens is 340 g/mol. The summed E-state index contributed by atoms with van der Waals surface area (Å²) in [4.78, 5) is 36.8. The summed E-state index contributed by atoms with van der Waals surface area (Å²) >= 11 is 1.65. The molecule has 7 heteroatoms. The quantitative estimate of drug-likeness (QED) is 0.765. The predicted molar refractivity (Wildman–Crippen MR) is 97.6 cm³/mol. The Bertz CT molecular complexity index is 618. The van der Waals surface area contributed by atoms with Gasteiger partial charge in [0.1, 0.15) is 0 Å². The first-order valence-corrected chi connectivity index (χ1v) is 9.52. The van der Waals surface area contributed by atoms with Gasteiger partial charge in [0.2, 0.25) is 11.8 Å². The predicted octanol–water partition coefficient (Wildman–Crippen LogP) is 1.46. The van der Waals surface area contributed by atoms with Gasteiger partial charge in [-0.15, -0.1) is 0 Å². The maximum Gasteiger partial charge on any atom is 0.305 e. The summed E-state index contributed by atoms with van der Waals surface area (Å²) in [6.07, 6.45) is 0.896. The zero-order valence-electron chi connectivity index (χ0n) is 14.4. The SMILES string of the molecule is Cc1ccc(CCC(=O)NCC(=O)N2CCSCC2CC(=O)O)cc1. The number of rotatable bonds is 7. The van der Waals surface area contributed by atoms with E-state index in [9.17, 15) is 14.4 Å². The minimum absolute atomic E-state index is 0.0554. The molecule has 1 heterocycles. The van der Waals surface area contributed by atoms with Crippen molar-refractivity contribution in [2.45, 2.75) is 32.2 Å². The molecule has 0 radical (unpaired) electrons. The number of amides is 2. The number of benzene rings is 1. The molecular formula is C18H24N2O4S. The van der Waals surface area contributed by atoms with Gasteiger partial charge in [-0.3, -0.25) is 14.4 Å². The van der Waals surface area contributed by atoms with Crippen molar-refractivity contribution < 1.29 is 19.5 Å². The van der Waals surface area contributed by atoms with Crippen LogP contribution in [0.15, 0.2) is 24.3 Å². The van der Waals surface area contributed by atoms with Gasteiger partial charge >= 0.3 is 5.97 Å². The lowest BCUT2D eigenvalue weighted by atomic mass is 10.1. The lowest BCUT2D eigenvalue weighted by Gasteiger charge is -2.34. The smallest absolute Gasteiger partial charge is 0.305 e.